The predicted molar refractivity (Wildman–Crippen MR) is 65.2 cm³/mol. The lowest BCUT2D eigenvalue weighted by Gasteiger charge is -2.30. The van der Waals surface area contributed by atoms with Crippen molar-refractivity contribution in [2.45, 2.75) is 46.1 Å². The highest BCUT2D eigenvalue weighted by Gasteiger charge is 2.21. The van der Waals surface area contributed by atoms with Gasteiger partial charge in [-0.05, 0) is 18.3 Å². The second kappa shape index (κ2) is 6.29. The zero-order chi connectivity index (χ0) is 11.9. The molecular weight excluding hydrogens is 184 g/mol. The molecule has 1 N–H and O–H groups in total. The number of nitrogens with one attached hydrogen (secondary N) is 1. The van der Waals surface area contributed by atoms with E-state index in [1.165, 1.54) is 0 Å². The first-order valence-corrected chi connectivity index (χ1v) is 5.35. The molecule has 0 aliphatic carbocycles. The van der Waals surface area contributed by atoms with Crippen LogP contribution in [0.2, 0.25) is 0 Å². The summed E-state index contributed by atoms with van der Waals surface area (Å²) < 4.78 is 0. The highest BCUT2D eigenvalue weighted by atomic mass is 14.9. The lowest BCUT2D eigenvalue weighted by atomic mass is 9.86. The average Bonchev–Trinajstić information content (AvgIpc) is 2.12. The van der Waals surface area contributed by atoms with Crippen LogP contribution in [0.4, 0.5) is 0 Å². The van der Waals surface area contributed by atoms with Crippen molar-refractivity contribution in [2.24, 2.45) is 5.41 Å². The summed E-state index contributed by atoms with van der Waals surface area (Å²) in [7, 11) is 0. The summed E-state index contributed by atoms with van der Waals surface area (Å²) in [6, 6.07) is 2.36. The second-order valence-electron chi connectivity index (χ2n) is 4.84. The highest BCUT2D eigenvalue weighted by Crippen LogP contribution is 2.21. The van der Waals surface area contributed by atoms with Crippen LogP contribution in [-0.4, -0.2) is 6.04 Å². The summed E-state index contributed by atoms with van der Waals surface area (Å²) in [6.07, 6.45) is 4.23. The maximum atomic E-state index is 8.42. The van der Waals surface area contributed by atoms with Gasteiger partial charge in [-0.15, -0.1) is 6.58 Å². The zero-order valence-electron chi connectivity index (χ0n) is 10.1. The van der Waals surface area contributed by atoms with Crippen LogP contribution in [-0.2, 0) is 0 Å². The standard InChI is InChI=1S/C13H22N2/c1-6-12(13(3,4)5)15-11(2)9-7-8-10-14/h6,12,15H,1-2,7-9H2,3-5H3. The van der Waals surface area contributed by atoms with Crippen LogP contribution in [0.25, 0.3) is 0 Å². The average molecular weight is 206 g/mol. The molecule has 0 aromatic heterocycles. The Labute approximate surface area is 93.7 Å². The Kier molecular flexibility index (Phi) is 5.77. The molecule has 0 heterocycles. The third-order valence-corrected chi connectivity index (χ3v) is 2.30. The van der Waals surface area contributed by atoms with E-state index in [4.69, 9.17) is 5.26 Å². The maximum Gasteiger partial charge on any atom is 0.0621 e. The van der Waals surface area contributed by atoms with E-state index in [9.17, 15) is 0 Å². The molecule has 1 atom stereocenters. The number of rotatable bonds is 6. The second-order valence-corrected chi connectivity index (χ2v) is 4.84. The van der Waals surface area contributed by atoms with Crippen molar-refractivity contribution in [2.75, 3.05) is 0 Å². The van der Waals surface area contributed by atoms with Gasteiger partial charge < -0.3 is 5.32 Å². The van der Waals surface area contributed by atoms with Crippen LogP contribution in [0.1, 0.15) is 40.0 Å². The van der Waals surface area contributed by atoms with Crippen molar-refractivity contribution >= 4 is 0 Å². The van der Waals surface area contributed by atoms with Gasteiger partial charge in [0.05, 0.1) is 6.07 Å². The van der Waals surface area contributed by atoms with Gasteiger partial charge in [0.2, 0.25) is 0 Å². The van der Waals surface area contributed by atoms with Crippen LogP contribution in [0, 0.1) is 16.7 Å². The van der Waals surface area contributed by atoms with E-state index in [1.807, 2.05) is 6.08 Å². The van der Waals surface area contributed by atoms with E-state index in [-0.39, 0.29) is 11.5 Å². The molecule has 0 spiro atoms. The molecule has 0 amide bonds. The van der Waals surface area contributed by atoms with Gasteiger partial charge in [-0.1, -0.05) is 33.4 Å². The minimum Gasteiger partial charge on any atom is -0.382 e. The molecule has 0 aromatic rings. The quantitative estimate of drug-likeness (QED) is 0.534. The molecule has 0 aromatic carbocycles. The Morgan fingerprint density at radius 2 is 2.13 bits per heavy atom. The summed E-state index contributed by atoms with van der Waals surface area (Å²) in [6.45, 7) is 14.3. The first-order chi connectivity index (χ1) is 6.91. The van der Waals surface area contributed by atoms with Crippen molar-refractivity contribution in [3.63, 3.8) is 0 Å². The number of allylic oxidation sites excluding steroid dienone is 1. The van der Waals surface area contributed by atoms with Gasteiger partial charge in [-0.2, -0.15) is 5.26 Å². The minimum atomic E-state index is 0.139. The fraction of sp³-hybridized carbons (Fsp3) is 0.615. The smallest absolute Gasteiger partial charge is 0.0621 e. The molecular formula is C13H22N2. The predicted octanol–water partition coefficient (Wildman–Crippen LogP) is 3.38. The van der Waals surface area contributed by atoms with Crippen molar-refractivity contribution in [3.05, 3.63) is 24.9 Å². The number of nitriles is 1. The third-order valence-electron chi connectivity index (χ3n) is 2.30. The van der Waals surface area contributed by atoms with E-state index in [2.05, 4.69) is 45.3 Å². The Balaban J connectivity index is 4.04. The topological polar surface area (TPSA) is 35.8 Å². The summed E-state index contributed by atoms with van der Waals surface area (Å²) in [5.74, 6) is 0. The molecule has 0 saturated carbocycles. The molecule has 0 rings (SSSR count). The SMILES string of the molecule is C=CC(NC(=C)CCCC#N)C(C)(C)C. The number of nitrogens with zero attached hydrogens (tertiary/aromatic N) is 1. The van der Waals surface area contributed by atoms with E-state index in [0.29, 0.717) is 6.42 Å². The van der Waals surface area contributed by atoms with Gasteiger partial charge in [0, 0.05) is 18.2 Å². The lowest BCUT2D eigenvalue weighted by Crippen LogP contribution is -2.37. The van der Waals surface area contributed by atoms with Crippen LogP contribution in [0.5, 0.6) is 0 Å². The molecule has 15 heavy (non-hydrogen) atoms. The Hall–Kier alpha value is -1.23. The Morgan fingerprint density at radius 3 is 2.53 bits per heavy atom. The Bertz CT molecular complexity index is 253. The van der Waals surface area contributed by atoms with E-state index >= 15 is 0 Å². The van der Waals surface area contributed by atoms with Gasteiger partial charge >= 0.3 is 0 Å². The normalized spacial score (nSPS) is 12.7. The monoisotopic (exact) mass is 206 g/mol. The largest absolute Gasteiger partial charge is 0.382 e. The fourth-order valence-corrected chi connectivity index (χ4v) is 1.30. The minimum absolute atomic E-state index is 0.139. The van der Waals surface area contributed by atoms with Crippen LogP contribution in [0.3, 0.4) is 0 Å². The van der Waals surface area contributed by atoms with Crippen LogP contribution < -0.4 is 5.32 Å². The molecule has 0 aliphatic rings. The molecule has 0 aliphatic heterocycles. The van der Waals surface area contributed by atoms with Gasteiger partial charge in [-0.25, -0.2) is 0 Å². The molecule has 2 heteroatoms. The summed E-state index contributed by atoms with van der Waals surface area (Å²) >= 11 is 0. The zero-order valence-corrected chi connectivity index (χ0v) is 10.1. The highest BCUT2D eigenvalue weighted by molar-refractivity contribution is 5.03. The number of hydrogen-bond acceptors (Lipinski definition) is 2. The molecule has 0 radical (unpaired) electrons. The molecule has 0 saturated heterocycles. The van der Waals surface area contributed by atoms with Gasteiger partial charge in [-0.3, -0.25) is 0 Å². The van der Waals surface area contributed by atoms with E-state index < -0.39 is 0 Å². The summed E-state index contributed by atoms with van der Waals surface area (Å²) in [4.78, 5) is 0. The first kappa shape index (κ1) is 13.8. The van der Waals surface area contributed by atoms with Gasteiger partial charge in [0.15, 0.2) is 0 Å². The van der Waals surface area contributed by atoms with Crippen molar-refractivity contribution < 1.29 is 0 Å². The molecule has 0 fully saturated rings. The van der Waals surface area contributed by atoms with Crippen LogP contribution >= 0.6 is 0 Å². The van der Waals surface area contributed by atoms with E-state index in [0.717, 1.165) is 18.5 Å². The number of unbranched alkanes of at least 4 members (excludes halogenated alkanes) is 1. The lowest BCUT2D eigenvalue weighted by molar-refractivity contribution is 0.328. The first-order valence-electron chi connectivity index (χ1n) is 5.35. The molecule has 84 valence electrons. The third kappa shape index (κ3) is 5.96. The summed E-state index contributed by atoms with van der Waals surface area (Å²) in [5.41, 5.74) is 1.13. The molecule has 2 nitrogen and oxygen atoms in total. The summed E-state index contributed by atoms with van der Waals surface area (Å²) in [5, 5.41) is 11.8. The molecule has 1 unspecified atom stereocenters. The fourth-order valence-electron chi connectivity index (χ4n) is 1.30. The Morgan fingerprint density at radius 1 is 1.53 bits per heavy atom. The van der Waals surface area contributed by atoms with Gasteiger partial charge in [0.25, 0.3) is 0 Å². The van der Waals surface area contributed by atoms with Crippen molar-refractivity contribution in [1.82, 2.24) is 5.32 Å². The maximum absolute atomic E-state index is 8.42. The number of hydrogen-bond donors (Lipinski definition) is 1. The van der Waals surface area contributed by atoms with Crippen molar-refractivity contribution in [1.29, 1.82) is 5.26 Å². The van der Waals surface area contributed by atoms with Gasteiger partial charge in [0.1, 0.15) is 0 Å². The molecule has 0 bridgehead atoms. The van der Waals surface area contributed by atoms with Crippen molar-refractivity contribution in [3.8, 4) is 6.07 Å². The van der Waals surface area contributed by atoms with Crippen LogP contribution in [0.15, 0.2) is 24.9 Å². The van der Waals surface area contributed by atoms with E-state index in [1.54, 1.807) is 0 Å².